The van der Waals surface area contributed by atoms with E-state index in [4.69, 9.17) is 0 Å². The van der Waals surface area contributed by atoms with Crippen molar-refractivity contribution in [3.63, 3.8) is 0 Å². The van der Waals surface area contributed by atoms with Gasteiger partial charge in [0.1, 0.15) is 0 Å². The summed E-state index contributed by atoms with van der Waals surface area (Å²) in [5, 5.41) is 9.90. The van der Waals surface area contributed by atoms with Crippen LogP contribution in [0.4, 0.5) is 0 Å². The average molecular weight is 180 g/mol. The largest absolute Gasteiger partial charge is 0.385 e. The molecule has 0 bridgehead atoms. The van der Waals surface area contributed by atoms with E-state index in [1.54, 1.807) is 13.0 Å². The van der Waals surface area contributed by atoms with Crippen molar-refractivity contribution in [2.24, 2.45) is 0 Å². The van der Waals surface area contributed by atoms with Crippen LogP contribution in [-0.2, 0) is 0 Å². The molecule has 0 saturated heterocycles. The highest BCUT2D eigenvalue weighted by atomic mass is 16.3. The maximum Gasteiger partial charge on any atom is 0.0865 e. The van der Waals surface area contributed by atoms with Crippen molar-refractivity contribution >= 4 is 0 Å². The highest BCUT2D eigenvalue weighted by Gasteiger charge is 2.20. The van der Waals surface area contributed by atoms with Crippen LogP contribution >= 0.6 is 0 Å². The number of aliphatic hydroxyl groups is 1. The Morgan fingerprint density at radius 3 is 2.38 bits per heavy atom. The molecule has 0 aromatic rings. The van der Waals surface area contributed by atoms with Crippen molar-refractivity contribution in [1.82, 2.24) is 0 Å². The minimum absolute atomic E-state index is 0.689. The lowest BCUT2D eigenvalue weighted by molar-refractivity contribution is 0.0943. The number of hydrogen-bond donors (Lipinski definition) is 1. The van der Waals surface area contributed by atoms with Crippen LogP contribution in [-0.4, -0.2) is 10.7 Å². The van der Waals surface area contributed by atoms with Gasteiger partial charge in [-0.15, -0.1) is 0 Å². The minimum atomic E-state index is -0.812. The van der Waals surface area contributed by atoms with Crippen LogP contribution in [0.15, 0.2) is 36.5 Å². The van der Waals surface area contributed by atoms with Crippen molar-refractivity contribution in [3.8, 4) is 0 Å². The molecule has 0 aromatic heterocycles. The molecule has 1 N–H and O–H groups in total. The molecule has 13 heavy (non-hydrogen) atoms. The normalized spacial score (nSPS) is 14.5. The lowest BCUT2D eigenvalue weighted by atomic mass is 9.91. The molecule has 0 unspecified atom stereocenters. The first-order valence-corrected chi connectivity index (χ1v) is 4.57. The first-order chi connectivity index (χ1) is 5.90. The van der Waals surface area contributed by atoms with Gasteiger partial charge in [-0.05, 0) is 39.2 Å². The SMILES string of the molecule is C=CC(=C)[C@](C)(O)CCC=C(C)C. The van der Waals surface area contributed by atoms with Crippen molar-refractivity contribution in [3.05, 3.63) is 36.5 Å². The Kier molecular flexibility index (Phi) is 4.71. The highest BCUT2D eigenvalue weighted by Crippen LogP contribution is 2.21. The molecule has 0 spiro atoms. The van der Waals surface area contributed by atoms with E-state index in [1.807, 2.05) is 0 Å². The molecule has 0 aliphatic carbocycles. The third-order valence-corrected chi connectivity index (χ3v) is 2.12. The molecule has 0 aliphatic heterocycles. The van der Waals surface area contributed by atoms with Crippen LogP contribution in [0.3, 0.4) is 0 Å². The summed E-state index contributed by atoms with van der Waals surface area (Å²) in [5.74, 6) is 0. The van der Waals surface area contributed by atoms with Gasteiger partial charge in [-0.25, -0.2) is 0 Å². The summed E-state index contributed by atoms with van der Waals surface area (Å²) in [4.78, 5) is 0. The fourth-order valence-electron chi connectivity index (χ4n) is 1.02. The maximum atomic E-state index is 9.90. The van der Waals surface area contributed by atoms with Crippen molar-refractivity contribution in [2.75, 3.05) is 0 Å². The number of allylic oxidation sites excluding steroid dienone is 2. The van der Waals surface area contributed by atoms with E-state index in [9.17, 15) is 5.11 Å². The van der Waals surface area contributed by atoms with Crippen molar-refractivity contribution in [2.45, 2.75) is 39.2 Å². The third-order valence-electron chi connectivity index (χ3n) is 2.12. The third kappa shape index (κ3) is 4.69. The predicted octanol–water partition coefficient (Wildman–Crippen LogP) is 3.23. The Balaban J connectivity index is 4.11. The summed E-state index contributed by atoms with van der Waals surface area (Å²) in [7, 11) is 0. The van der Waals surface area contributed by atoms with Gasteiger partial charge in [0.05, 0.1) is 5.60 Å². The Bertz CT molecular complexity index is 217. The molecule has 0 saturated carbocycles. The summed E-state index contributed by atoms with van der Waals surface area (Å²) in [5.41, 5.74) is 1.16. The Labute approximate surface area is 81.5 Å². The average Bonchev–Trinajstić information content (AvgIpc) is 2.01. The van der Waals surface area contributed by atoms with Gasteiger partial charge in [0.25, 0.3) is 0 Å². The van der Waals surface area contributed by atoms with E-state index < -0.39 is 5.60 Å². The van der Waals surface area contributed by atoms with Crippen LogP contribution < -0.4 is 0 Å². The van der Waals surface area contributed by atoms with Crippen LogP contribution in [0, 0.1) is 0 Å². The van der Waals surface area contributed by atoms with Crippen LogP contribution in [0.25, 0.3) is 0 Å². The summed E-state index contributed by atoms with van der Waals surface area (Å²) in [6.45, 7) is 13.2. The standard InChI is InChI=1S/C12H20O/c1-6-11(4)12(5,13)9-7-8-10(2)3/h6,8,13H,1,4,7,9H2,2-3,5H3/t12-/m1/s1. The quantitative estimate of drug-likeness (QED) is 0.508. The minimum Gasteiger partial charge on any atom is -0.385 e. The summed E-state index contributed by atoms with van der Waals surface area (Å²) >= 11 is 0. The lowest BCUT2D eigenvalue weighted by Gasteiger charge is -2.23. The zero-order chi connectivity index (χ0) is 10.5. The van der Waals surface area contributed by atoms with Crippen LogP contribution in [0.2, 0.25) is 0 Å². The Morgan fingerprint density at radius 1 is 1.46 bits per heavy atom. The molecule has 0 fully saturated rings. The van der Waals surface area contributed by atoms with Crippen molar-refractivity contribution < 1.29 is 5.11 Å². The molecular weight excluding hydrogens is 160 g/mol. The van der Waals surface area contributed by atoms with Gasteiger partial charge in [0.15, 0.2) is 0 Å². The molecule has 74 valence electrons. The Morgan fingerprint density at radius 2 is 2.00 bits per heavy atom. The van der Waals surface area contributed by atoms with Crippen molar-refractivity contribution in [1.29, 1.82) is 0 Å². The monoisotopic (exact) mass is 180 g/mol. The topological polar surface area (TPSA) is 20.2 Å². The number of hydrogen-bond acceptors (Lipinski definition) is 1. The molecule has 1 heteroatoms. The smallest absolute Gasteiger partial charge is 0.0865 e. The second kappa shape index (κ2) is 5.03. The lowest BCUT2D eigenvalue weighted by Crippen LogP contribution is -2.24. The van der Waals surface area contributed by atoms with E-state index in [1.165, 1.54) is 5.57 Å². The predicted molar refractivity (Wildman–Crippen MR) is 58.6 cm³/mol. The van der Waals surface area contributed by atoms with Gasteiger partial charge in [0.2, 0.25) is 0 Å². The molecule has 0 aliphatic rings. The Hall–Kier alpha value is -0.820. The molecule has 0 aromatic carbocycles. The van der Waals surface area contributed by atoms with E-state index in [2.05, 4.69) is 33.1 Å². The second-order valence-corrected chi connectivity index (χ2v) is 3.82. The maximum absolute atomic E-state index is 9.90. The van der Waals surface area contributed by atoms with Gasteiger partial charge in [0, 0.05) is 0 Å². The molecule has 0 rings (SSSR count). The zero-order valence-electron chi connectivity index (χ0n) is 8.93. The zero-order valence-corrected chi connectivity index (χ0v) is 8.93. The first-order valence-electron chi connectivity index (χ1n) is 4.57. The molecule has 1 atom stereocenters. The fourth-order valence-corrected chi connectivity index (χ4v) is 1.02. The summed E-state index contributed by atoms with van der Waals surface area (Å²) in [6, 6.07) is 0. The number of rotatable bonds is 5. The van der Waals surface area contributed by atoms with Crippen LogP contribution in [0.5, 0.6) is 0 Å². The van der Waals surface area contributed by atoms with Gasteiger partial charge in [-0.2, -0.15) is 0 Å². The highest BCUT2D eigenvalue weighted by molar-refractivity contribution is 5.22. The molecule has 1 nitrogen and oxygen atoms in total. The molecular formula is C12H20O. The van der Waals surface area contributed by atoms with E-state index >= 15 is 0 Å². The van der Waals surface area contributed by atoms with E-state index in [0.717, 1.165) is 6.42 Å². The van der Waals surface area contributed by atoms with Gasteiger partial charge < -0.3 is 5.11 Å². The van der Waals surface area contributed by atoms with Gasteiger partial charge in [-0.3, -0.25) is 0 Å². The van der Waals surface area contributed by atoms with Crippen LogP contribution in [0.1, 0.15) is 33.6 Å². The van der Waals surface area contributed by atoms with Gasteiger partial charge >= 0.3 is 0 Å². The second-order valence-electron chi connectivity index (χ2n) is 3.82. The summed E-state index contributed by atoms with van der Waals surface area (Å²) < 4.78 is 0. The van der Waals surface area contributed by atoms with E-state index in [-0.39, 0.29) is 0 Å². The fraction of sp³-hybridized carbons (Fsp3) is 0.500. The molecule has 0 amide bonds. The molecule has 0 radical (unpaired) electrons. The molecule has 0 heterocycles. The first kappa shape index (κ1) is 12.2. The summed E-state index contributed by atoms with van der Waals surface area (Å²) in [6.07, 6.45) is 5.30. The van der Waals surface area contributed by atoms with Gasteiger partial charge in [-0.1, -0.05) is 30.9 Å². The van der Waals surface area contributed by atoms with E-state index in [0.29, 0.717) is 12.0 Å².